The van der Waals surface area contributed by atoms with E-state index in [-0.39, 0.29) is 12.7 Å². The first-order chi connectivity index (χ1) is 14.7. The molecule has 5 rings (SSSR count). The van der Waals surface area contributed by atoms with Crippen molar-refractivity contribution in [1.29, 1.82) is 0 Å². The molecular weight excluding hydrogens is 378 g/mol. The lowest BCUT2D eigenvalue weighted by molar-refractivity contribution is 0.0736. The van der Waals surface area contributed by atoms with Crippen LogP contribution in [0.1, 0.15) is 61.3 Å². The van der Waals surface area contributed by atoms with Crippen LogP contribution in [0.15, 0.2) is 42.5 Å². The van der Waals surface area contributed by atoms with E-state index in [0.29, 0.717) is 36.2 Å². The fourth-order valence-electron chi connectivity index (χ4n) is 4.68. The third-order valence-electron chi connectivity index (χ3n) is 6.09. The van der Waals surface area contributed by atoms with Crippen LogP contribution in [-0.2, 0) is 6.54 Å². The largest absolute Gasteiger partial charge is 0.454 e. The van der Waals surface area contributed by atoms with E-state index in [0.717, 1.165) is 17.8 Å². The van der Waals surface area contributed by atoms with E-state index in [2.05, 4.69) is 29.7 Å². The molecule has 2 aliphatic rings. The fraction of sp³-hybridized carbons (Fsp3) is 0.417. The molecule has 0 bridgehead atoms. The fourth-order valence-corrected chi connectivity index (χ4v) is 4.68. The lowest BCUT2D eigenvalue weighted by atomic mass is 10.1. The molecule has 6 nitrogen and oxygen atoms in total. The Morgan fingerprint density at radius 2 is 1.93 bits per heavy atom. The molecule has 1 aromatic heterocycles. The first kappa shape index (κ1) is 19.0. The summed E-state index contributed by atoms with van der Waals surface area (Å²) in [5.74, 6) is 2.30. The van der Waals surface area contributed by atoms with E-state index in [4.69, 9.17) is 14.5 Å². The SMILES string of the molecule is CCCN(Cc1nc2ccccc2n1C1CCCC1)C(=O)c1ccc2c(c1)OCO2. The summed E-state index contributed by atoms with van der Waals surface area (Å²) in [5.41, 5.74) is 2.80. The zero-order valence-corrected chi connectivity index (χ0v) is 17.3. The molecule has 1 saturated carbocycles. The third kappa shape index (κ3) is 3.40. The monoisotopic (exact) mass is 405 g/mol. The number of hydrogen-bond donors (Lipinski definition) is 0. The first-order valence-corrected chi connectivity index (χ1v) is 10.9. The molecule has 6 heteroatoms. The highest BCUT2D eigenvalue weighted by atomic mass is 16.7. The van der Waals surface area contributed by atoms with Crippen molar-refractivity contribution in [3.8, 4) is 11.5 Å². The first-order valence-electron chi connectivity index (χ1n) is 10.9. The predicted octanol–water partition coefficient (Wildman–Crippen LogP) is 4.93. The highest BCUT2D eigenvalue weighted by Gasteiger charge is 2.26. The van der Waals surface area contributed by atoms with Crippen molar-refractivity contribution < 1.29 is 14.3 Å². The maximum Gasteiger partial charge on any atom is 0.254 e. The van der Waals surface area contributed by atoms with Gasteiger partial charge in [0.25, 0.3) is 5.91 Å². The Hall–Kier alpha value is -3.02. The van der Waals surface area contributed by atoms with E-state index in [1.165, 1.54) is 31.2 Å². The molecule has 1 aliphatic heterocycles. The molecule has 1 aliphatic carbocycles. The number of carbonyl (C=O) groups is 1. The summed E-state index contributed by atoms with van der Waals surface area (Å²) in [4.78, 5) is 20.2. The molecule has 0 radical (unpaired) electrons. The lowest BCUT2D eigenvalue weighted by Crippen LogP contribution is -2.32. The van der Waals surface area contributed by atoms with Crippen LogP contribution in [0.3, 0.4) is 0 Å². The summed E-state index contributed by atoms with van der Waals surface area (Å²) in [7, 11) is 0. The van der Waals surface area contributed by atoms with Gasteiger partial charge in [-0.15, -0.1) is 0 Å². The Morgan fingerprint density at radius 3 is 2.77 bits per heavy atom. The molecule has 0 spiro atoms. The molecule has 3 aromatic rings. The van der Waals surface area contributed by atoms with Crippen LogP contribution >= 0.6 is 0 Å². The maximum atomic E-state index is 13.4. The number of amides is 1. The number of imidazole rings is 1. The van der Waals surface area contributed by atoms with Crippen molar-refractivity contribution in [1.82, 2.24) is 14.5 Å². The number of rotatable bonds is 6. The number of nitrogens with zero attached hydrogens (tertiary/aromatic N) is 3. The Morgan fingerprint density at radius 1 is 1.13 bits per heavy atom. The second-order valence-corrected chi connectivity index (χ2v) is 8.12. The smallest absolute Gasteiger partial charge is 0.254 e. The van der Waals surface area contributed by atoms with E-state index in [1.54, 1.807) is 6.07 Å². The molecule has 0 N–H and O–H groups in total. The van der Waals surface area contributed by atoms with E-state index < -0.39 is 0 Å². The molecule has 0 saturated heterocycles. The highest BCUT2D eigenvalue weighted by molar-refractivity contribution is 5.95. The summed E-state index contributed by atoms with van der Waals surface area (Å²) < 4.78 is 13.2. The minimum Gasteiger partial charge on any atom is -0.454 e. The van der Waals surface area contributed by atoms with Gasteiger partial charge in [0.05, 0.1) is 17.6 Å². The summed E-state index contributed by atoms with van der Waals surface area (Å²) in [6.45, 7) is 3.49. The van der Waals surface area contributed by atoms with E-state index in [1.807, 2.05) is 23.1 Å². The van der Waals surface area contributed by atoms with Crippen molar-refractivity contribution in [2.45, 2.75) is 51.6 Å². The average molecular weight is 405 g/mol. The molecule has 1 amide bonds. The number of carbonyl (C=O) groups excluding carboxylic acids is 1. The molecular formula is C24H27N3O3. The van der Waals surface area contributed by atoms with Crippen molar-refractivity contribution >= 4 is 16.9 Å². The number of ether oxygens (including phenoxy) is 2. The molecule has 2 aromatic carbocycles. The Labute approximate surface area is 176 Å². The summed E-state index contributed by atoms with van der Waals surface area (Å²) in [5, 5.41) is 0. The van der Waals surface area contributed by atoms with Gasteiger partial charge in [0, 0.05) is 18.2 Å². The van der Waals surface area contributed by atoms with Crippen molar-refractivity contribution in [2.75, 3.05) is 13.3 Å². The van der Waals surface area contributed by atoms with Crippen LogP contribution in [-0.4, -0.2) is 33.7 Å². The minimum atomic E-state index is 0.000165. The summed E-state index contributed by atoms with van der Waals surface area (Å²) >= 11 is 0. The number of fused-ring (bicyclic) bond motifs is 2. The quantitative estimate of drug-likeness (QED) is 0.583. The minimum absolute atomic E-state index is 0.000165. The molecule has 30 heavy (non-hydrogen) atoms. The van der Waals surface area contributed by atoms with Gasteiger partial charge in [-0.05, 0) is 49.6 Å². The molecule has 0 unspecified atom stereocenters. The zero-order valence-electron chi connectivity index (χ0n) is 17.3. The second kappa shape index (κ2) is 8.01. The van der Waals surface area contributed by atoms with Crippen molar-refractivity contribution in [2.24, 2.45) is 0 Å². The van der Waals surface area contributed by atoms with Crippen LogP contribution in [0.25, 0.3) is 11.0 Å². The topological polar surface area (TPSA) is 56.6 Å². The van der Waals surface area contributed by atoms with Crippen LogP contribution in [0.4, 0.5) is 0 Å². The van der Waals surface area contributed by atoms with Gasteiger partial charge in [0.1, 0.15) is 5.82 Å². The molecule has 156 valence electrons. The summed E-state index contributed by atoms with van der Waals surface area (Å²) in [6.07, 6.45) is 5.76. The van der Waals surface area contributed by atoms with Crippen molar-refractivity contribution in [3.05, 3.63) is 53.9 Å². The Kier molecular flexibility index (Phi) is 5.07. The van der Waals surface area contributed by atoms with Gasteiger partial charge in [-0.3, -0.25) is 4.79 Å². The van der Waals surface area contributed by atoms with Crippen LogP contribution in [0.5, 0.6) is 11.5 Å². The van der Waals surface area contributed by atoms with Crippen LogP contribution < -0.4 is 9.47 Å². The third-order valence-corrected chi connectivity index (χ3v) is 6.09. The van der Waals surface area contributed by atoms with Gasteiger partial charge in [0.15, 0.2) is 11.5 Å². The predicted molar refractivity (Wildman–Crippen MR) is 115 cm³/mol. The van der Waals surface area contributed by atoms with Gasteiger partial charge >= 0.3 is 0 Å². The zero-order chi connectivity index (χ0) is 20.5. The van der Waals surface area contributed by atoms with E-state index >= 15 is 0 Å². The van der Waals surface area contributed by atoms with Crippen LogP contribution in [0, 0.1) is 0 Å². The van der Waals surface area contributed by atoms with Crippen molar-refractivity contribution in [3.63, 3.8) is 0 Å². The van der Waals surface area contributed by atoms with Gasteiger partial charge in [-0.1, -0.05) is 31.9 Å². The normalized spacial score (nSPS) is 15.8. The number of aromatic nitrogens is 2. The standard InChI is InChI=1S/C24H27N3O3/c1-2-13-26(24(28)17-11-12-21-22(14-17)30-16-29-21)15-23-25-19-9-5-6-10-20(19)27(23)18-7-3-4-8-18/h5-6,9-12,14,18H,2-4,7-8,13,15-16H2,1H3. The molecule has 0 atom stereocenters. The Balaban J connectivity index is 1.48. The number of para-hydroxylation sites is 2. The van der Waals surface area contributed by atoms with Gasteiger partial charge in [-0.2, -0.15) is 0 Å². The average Bonchev–Trinajstić information content (AvgIpc) is 3.51. The van der Waals surface area contributed by atoms with E-state index in [9.17, 15) is 4.79 Å². The van der Waals surface area contributed by atoms with Gasteiger partial charge in [0.2, 0.25) is 6.79 Å². The maximum absolute atomic E-state index is 13.4. The molecule has 2 heterocycles. The summed E-state index contributed by atoms with van der Waals surface area (Å²) in [6, 6.07) is 14.2. The van der Waals surface area contributed by atoms with Gasteiger partial charge in [-0.25, -0.2) is 4.98 Å². The number of hydrogen-bond acceptors (Lipinski definition) is 4. The number of benzene rings is 2. The lowest BCUT2D eigenvalue weighted by Gasteiger charge is -2.24. The van der Waals surface area contributed by atoms with Gasteiger partial charge < -0.3 is 18.9 Å². The highest BCUT2D eigenvalue weighted by Crippen LogP contribution is 2.35. The Bertz CT molecular complexity index is 1070. The van der Waals surface area contributed by atoms with Crippen LogP contribution in [0.2, 0.25) is 0 Å². The second-order valence-electron chi connectivity index (χ2n) is 8.12. The molecule has 1 fully saturated rings.